The van der Waals surface area contributed by atoms with Gasteiger partial charge in [0.1, 0.15) is 0 Å². The molecule has 1 aliphatic rings. The number of hydrogen-bond donors (Lipinski definition) is 2. The van der Waals surface area contributed by atoms with Crippen molar-refractivity contribution in [3.05, 3.63) is 0 Å². The molecule has 4 nitrogen and oxygen atoms in total. The van der Waals surface area contributed by atoms with Crippen LogP contribution in [0.2, 0.25) is 0 Å². The lowest BCUT2D eigenvalue weighted by molar-refractivity contribution is -0.129. The summed E-state index contributed by atoms with van der Waals surface area (Å²) in [6, 6.07) is 0.476. The first-order valence-corrected chi connectivity index (χ1v) is 7.19. The van der Waals surface area contributed by atoms with Crippen molar-refractivity contribution in [3.8, 4) is 0 Å². The quantitative estimate of drug-likeness (QED) is 0.724. The zero-order chi connectivity index (χ0) is 13.8. The first-order valence-electron chi connectivity index (χ1n) is 7.19. The zero-order valence-corrected chi connectivity index (χ0v) is 12.3. The van der Waals surface area contributed by atoms with Crippen molar-refractivity contribution in [2.24, 2.45) is 5.73 Å². The summed E-state index contributed by atoms with van der Waals surface area (Å²) in [5.41, 5.74) is 5.54. The number of nitrogens with zero attached hydrogens (tertiary/aromatic N) is 1. The molecular formula is C14H29N3O. The van der Waals surface area contributed by atoms with Crippen LogP contribution in [0.3, 0.4) is 0 Å². The number of amides is 1. The summed E-state index contributed by atoms with van der Waals surface area (Å²) >= 11 is 0. The molecule has 0 aromatic rings. The van der Waals surface area contributed by atoms with Crippen LogP contribution in [0.4, 0.5) is 0 Å². The second-order valence-electron chi connectivity index (χ2n) is 6.01. The van der Waals surface area contributed by atoms with E-state index in [9.17, 15) is 4.79 Å². The van der Waals surface area contributed by atoms with E-state index in [1.807, 2.05) is 6.92 Å². The summed E-state index contributed by atoms with van der Waals surface area (Å²) in [5.74, 6) is 0.127. The topological polar surface area (TPSA) is 58.4 Å². The smallest absolute Gasteiger partial charge is 0.237 e. The summed E-state index contributed by atoms with van der Waals surface area (Å²) in [7, 11) is 0. The van der Waals surface area contributed by atoms with E-state index in [0.29, 0.717) is 12.6 Å². The summed E-state index contributed by atoms with van der Waals surface area (Å²) in [5, 5.41) is 3.13. The number of nitrogens with one attached hydrogen (secondary N) is 1. The molecule has 1 atom stereocenters. The zero-order valence-electron chi connectivity index (χ0n) is 12.3. The van der Waals surface area contributed by atoms with E-state index in [1.165, 1.54) is 19.3 Å². The largest absolute Gasteiger partial charge is 0.350 e. The molecule has 1 aliphatic carbocycles. The first kappa shape index (κ1) is 15.4. The minimum atomic E-state index is -0.126. The van der Waals surface area contributed by atoms with Crippen LogP contribution < -0.4 is 11.1 Å². The van der Waals surface area contributed by atoms with Crippen molar-refractivity contribution in [1.29, 1.82) is 0 Å². The standard InChI is InChI=1S/C14H29N3O/c1-5-14(3,4)16-13(18)11(2)17(10-9-15)12-7-6-8-12/h11-12H,5-10,15H2,1-4H3,(H,16,18). The minimum absolute atomic E-state index is 0.0790. The Morgan fingerprint density at radius 3 is 2.50 bits per heavy atom. The predicted molar refractivity (Wildman–Crippen MR) is 75.4 cm³/mol. The van der Waals surface area contributed by atoms with Crippen molar-refractivity contribution in [2.45, 2.75) is 71.0 Å². The van der Waals surface area contributed by atoms with Gasteiger partial charge in [0.05, 0.1) is 6.04 Å². The molecule has 0 aromatic heterocycles. The van der Waals surface area contributed by atoms with Gasteiger partial charge in [-0.1, -0.05) is 13.3 Å². The molecule has 0 saturated heterocycles. The van der Waals surface area contributed by atoms with Crippen LogP contribution in [0.1, 0.15) is 53.4 Å². The fraction of sp³-hybridized carbons (Fsp3) is 0.929. The van der Waals surface area contributed by atoms with Gasteiger partial charge in [0.2, 0.25) is 5.91 Å². The van der Waals surface area contributed by atoms with E-state index in [2.05, 4.69) is 31.0 Å². The molecule has 0 aromatic carbocycles. The van der Waals surface area contributed by atoms with Gasteiger partial charge in [-0.15, -0.1) is 0 Å². The van der Waals surface area contributed by atoms with Gasteiger partial charge in [0.15, 0.2) is 0 Å². The van der Waals surface area contributed by atoms with Gasteiger partial charge in [0.25, 0.3) is 0 Å². The van der Waals surface area contributed by atoms with Gasteiger partial charge in [0, 0.05) is 24.7 Å². The van der Waals surface area contributed by atoms with Crippen LogP contribution >= 0.6 is 0 Å². The molecule has 0 spiro atoms. The van der Waals surface area contributed by atoms with E-state index in [-0.39, 0.29) is 17.5 Å². The lowest BCUT2D eigenvalue weighted by Crippen LogP contribution is -2.56. The van der Waals surface area contributed by atoms with E-state index >= 15 is 0 Å². The molecule has 1 fully saturated rings. The Hall–Kier alpha value is -0.610. The number of carbonyl (C=O) groups is 1. The van der Waals surface area contributed by atoms with Crippen molar-refractivity contribution in [2.75, 3.05) is 13.1 Å². The van der Waals surface area contributed by atoms with Gasteiger partial charge in [-0.2, -0.15) is 0 Å². The highest BCUT2D eigenvalue weighted by molar-refractivity contribution is 5.82. The van der Waals surface area contributed by atoms with E-state index in [1.54, 1.807) is 0 Å². The summed E-state index contributed by atoms with van der Waals surface area (Å²) in [6.07, 6.45) is 4.62. The Labute approximate surface area is 111 Å². The fourth-order valence-electron chi connectivity index (χ4n) is 2.24. The summed E-state index contributed by atoms with van der Waals surface area (Å²) in [4.78, 5) is 14.6. The highest BCUT2D eigenvalue weighted by atomic mass is 16.2. The highest BCUT2D eigenvalue weighted by Gasteiger charge is 2.32. The lowest BCUT2D eigenvalue weighted by Gasteiger charge is -2.41. The number of hydrogen-bond acceptors (Lipinski definition) is 3. The number of carbonyl (C=O) groups excluding carboxylic acids is 1. The Morgan fingerprint density at radius 2 is 2.11 bits per heavy atom. The van der Waals surface area contributed by atoms with Crippen molar-refractivity contribution < 1.29 is 4.79 Å². The minimum Gasteiger partial charge on any atom is -0.350 e. The molecule has 18 heavy (non-hydrogen) atoms. The van der Waals surface area contributed by atoms with Crippen LogP contribution in [0.25, 0.3) is 0 Å². The average Bonchev–Trinajstić information content (AvgIpc) is 2.24. The van der Waals surface area contributed by atoms with Crippen molar-refractivity contribution in [1.82, 2.24) is 10.2 Å². The molecule has 3 N–H and O–H groups in total. The molecule has 1 unspecified atom stereocenters. The normalized spacial score (nSPS) is 18.6. The highest BCUT2D eigenvalue weighted by Crippen LogP contribution is 2.26. The van der Waals surface area contributed by atoms with Crippen LogP contribution in [0.5, 0.6) is 0 Å². The third kappa shape index (κ3) is 3.95. The second kappa shape index (κ2) is 6.53. The molecule has 1 rings (SSSR count). The molecule has 4 heteroatoms. The van der Waals surface area contributed by atoms with Crippen LogP contribution in [-0.2, 0) is 4.79 Å². The molecule has 106 valence electrons. The Balaban J connectivity index is 2.58. The molecule has 1 amide bonds. The van der Waals surface area contributed by atoms with Gasteiger partial charge < -0.3 is 11.1 Å². The molecular weight excluding hydrogens is 226 g/mol. The van der Waals surface area contributed by atoms with Gasteiger partial charge in [-0.05, 0) is 40.0 Å². The maximum atomic E-state index is 12.3. The molecule has 0 heterocycles. The molecule has 1 saturated carbocycles. The van der Waals surface area contributed by atoms with Crippen molar-refractivity contribution >= 4 is 5.91 Å². The van der Waals surface area contributed by atoms with E-state index < -0.39 is 0 Å². The summed E-state index contributed by atoms with van der Waals surface area (Å²) < 4.78 is 0. The monoisotopic (exact) mass is 255 g/mol. The Kier molecular flexibility index (Phi) is 5.60. The fourth-order valence-corrected chi connectivity index (χ4v) is 2.24. The van der Waals surface area contributed by atoms with Gasteiger partial charge in [-0.25, -0.2) is 0 Å². The third-order valence-corrected chi connectivity index (χ3v) is 4.15. The van der Waals surface area contributed by atoms with Crippen LogP contribution in [0, 0.1) is 0 Å². The van der Waals surface area contributed by atoms with Crippen molar-refractivity contribution in [3.63, 3.8) is 0 Å². The van der Waals surface area contributed by atoms with Gasteiger partial charge in [-0.3, -0.25) is 9.69 Å². The first-order chi connectivity index (χ1) is 8.41. The van der Waals surface area contributed by atoms with Crippen LogP contribution in [-0.4, -0.2) is 41.5 Å². The summed E-state index contributed by atoms with van der Waals surface area (Å²) in [6.45, 7) is 9.64. The number of nitrogens with two attached hydrogens (primary N) is 1. The molecule has 0 bridgehead atoms. The average molecular weight is 255 g/mol. The lowest BCUT2D eigenvalue weighted by atomic mass is 9.90. The second-order valence-corrected chi connectivity index (χ2v) is 6.01. The Morgan fingerprint density at radius 1 is 1.50 bits per heavy atom. The SMILES string of the molecule is CCC(C)(C)NC(=O)C(C)N(CCN)C1CCC1. The number of rotatable bonds is 7. The van der Waals surface area contributed by atoms with E-state index in [4.69, 9.17) is 5.73 Å². The maximum absolute atomic E-state index is 12.3. The Bertz CT molecular complexity index is 274. The van der Waals surface area contributed by atoms with E-state index in [0.717, 1.165) is 13.0 Å². The van der Waals surface area contributed by atoms with Gasteiger partial charge >= 0.3 is 0 Å². The maximum Gasteiger partial charge on any atom is 0.237 e. The molecule has 0 aliphatic heterocycles. The predicted octanol–water partition coefficient (Wildman–Crippen LogP) is 1.49. The third-order valence-electron chi connectivity index (χ3n) is 4.15. The van der Waals surface area contributed by atoms with Crippen LogP contribution in [0.15, 0.2) is 0 Å². The molecule has 0 radical (unpaired) electrons.